The Morgan fingerprint density at radius 1 is 1.62 bits per heavy atom. The zero-order valence-electron chi connectivity index (χ0n) is 9.61. The second-order valence-electron chi connectivity index (χ2n) is 3.63. The van der Waals surface area contributed by atoms with Crippen molar-refractivity contribution >= 4 is 22.1 Å². The van der Waals surface area contributed by atoms with Crippen LogP contribution in [0.4, 0.5) is 0 Å². The average Bonchev–Trinajstić information content (AvgIpc) is 2.26. The molecule has 0 aliphatic rings. The number of hydrogen-bond acceptors (Lipinski definition) is 2. The summed E-state index contributed by atoms with van der Waals surface area (Å²) >= 11 is 3.42. The van der Waals surface area contributed by atoms with Gasteiger partial charge in [-0.2, -0.15) is 0 Å². The van der Waals surface area contributed by atoms with Crippen LogP contribution in [-0.2, 0) is 4.74 Å². The second kappa shape index (κ2) is 6.48. The minimum Gasteiger partial charge on any atom is -0.502 e. The molecule has 0 saturated heterocycles. The van der Waals surface area contributed by atoms with Crippen molar-refractivity contribution in [2.75, 3.05) is 7.11 Å². The molecule has 0 spiro atoms. The molecule has 0 amide bonds. The highest BCUT2D eigenvalue weighted by atomic mass is 79.9. The fourth-order valence-corrected chi connectivity index (χ4v) is 1.68. The minimum absolute atomic E-state index is 0.187. The quantitative estimate of drug-likeness (QED) is 0.594. The highest BCUT2D eigenvalue weighted by Gasteiger charge is 2.01. The average molecular weight is 282 g/mol. The van der Waals surface area contributed by atoms with Crippen molar-refractivity contribution in [3.05, 3.63) is 46.6 Å². The molecule has 3 heteroatoms. The van der Waals surface area contributed by atoms with Crippen molar-refractivity contribution in [2.24, 2.45) is 4.99 Å². The standard InChI is InChI=1S/C13H16BrNO/c1-10(7-11(2)16-3)15-9-12-5-4-6-13(14)8-12/h4-6,8-10H,2,7H2,1,3H3. The van der Waals surface area contributed by atoms with E-state index in [0.29, 0.717) is 0 Å². The second-order valence-corrected chi connectivity index (χ2v) is 4.54. The van der Waals surface area contributed by atoms with Crippen molar-refractivity contribution in [2.45, 2.75) is 19.4 Å². The van der Waals surface area contributed by atoms with Crippen molar-refractivity contribution in [1.82, 2.24) is 0 Å². The Morgan fingerprint density at radius 2 is 2.38 bits per heavy atom. The first-order valence-electron chi connectivity index (χ1n) is 5.12. The Bertz CT molecular complexity index is 387. The van der Waals surface area contributed by atoms with Crippen LogP contribution in [0.2, 0.25) is 0 Å². The molecule has 16 heavy (non-hydrogen) atoms. The van der Waals surface area contributed by atoms with Gasteiger partial charge in [0.2, 0.25) is 0 Å². The summed E-state index contributed by atoms with van der Waals surface area (Å²) in [6.07, 6.45) is 2.62. The van der Waals surface area contributed by atoms with Crippen LogP contribution in [0.5, 0.6) is 0 Å². The fourth-order valence-electron chi connectivity index (χ4n) is 1.27. The lowest BCUT2D eigenvalue weighted by molar-refractivity contribution is 0.274. The summed E-state index contributed by atoms with van der Waals surface area (Å²) < 4.78 is 6.08. The smallest absolute Gasteiger partial charge is 0.0905 e. The molecule has 0 aromatic heterocycles. The number of methoxy groups -OCH3 is 1. The molecule has 86 valence electrons. The summed E-state index contributed by atoms with van der Waals surface area (Å²) in [4.78, 5) is 4.44. The van der Waals surface area contributed by atoms with Gasteiger partial charge in [-0.15, -0.1) is 0 Å². The Morgan fingerprint density at radius 3 is 3.00 bits per heavy atom. The van der Waals surface area contributed by atoms with E-state index in [4.69, 9.17) is 4.74 Å². The monoisotopic (exact) mass is 281 g/mol. The van der Waals surface area contributed by atoms with Crippen LogP contribution in [0.3, 0.4) is 0 Å². The van der Waals surface area contributed by atoms with E-state index in [2.05, 4.69) is 27.5 Å². The van der Waals surface area contributed by atoms with E-state index in [0.717, 1.165) is 22.2 Å². The Kier molecular flexibility index (Phi) is 5.26. The third-order valence-electron chi connectivity index (χ3n) is 2.14. The van der Waals surface area contributed by atoms with Crippen molar-refractivity contribution in [3.63, 3.8) is 0 Å². The molecule has 1 rings (SSSR count). The molecule has 2 nitrogen and oxygen atoms in total. The summed E-state index contributed by atoms with van der Waals surface area (Å²) in [6.45, 7) is 5.82. The molecular formula is C13H16BrNO. The fraction of sp³-hybridized carbons (Fsp3) is 0.308. The summed E-state index contributed by atoms with van der Waals surface area (Å²) in [5, 5.41) is 0. The van der Waals surface area contributed by atoms with Gasteiger partial charge in [-0.05, 0) is 24.6 Å². The minimum atomic E-state index is 0.187. The normalized spacial score (nSPS) is 12.7. The number of benzene rings is 1. The predicted molar refractivity (Wildman–Crippen MR) is 72.0 cm³/mol. The van der Waals surface area contributed by atoms with Crippen LogP contribution < -0.4 is 0 Å². The summed E-state index contributed by atoms with van der Waals surface area (Å²) in [5.74, 6) is 0.763. The SMILES string of the molecule is C=C(CC(C)N=Cc1cccc(Br)c1)OC. The first-order valence-corrected chi connectivity index (χ1v) is 5.91. The van der Waals surface area contributed by atoms with Crippen LogP contribution in [-0.4, -0.2) is 19.4 Å². The molecule has 0 N–H and O–H groups in total. The van der Waals surface area contributed by atoms with Gasteiger partial charge >= 0.3 is 0 Å². The highest BCUT2D eigenvalue weighted by Crippen LogP contribution is 2.11. The predicted octanol–water partition coefficient (Wildman–Crippen LogP) is 3.81. The van der Waals surface area contributed by atoms with Crippen molar-refractivity contribution in [3.8, 4) is 0 Å². The van der Waals surface area contributed by atoms with Crippen LogP contribution in [0.1, 0.15) is 18.9 Å². The number of hydrogen-bond donors (Lipinski definition) is 0. The van der Waals surface area contributed by atoms with E-state index in [1.807, 2.05) is 37.4 Å². The molecule has 1 aromatic carbocycles. The van der Waals surface area contributed by atoms with Crippen LogP contribution in [0.25, 0.3) is 0 Å². The summed E-state index contributed by atoms with van der Waals surface area (Å²) in [6, 6.07) is 8.22. The maximum absolute atomic E-state index is 5.02. The summed E-state index contributed by atoms with van der Waals surface area (Å²) in [5.41, 5.74) is 1.09. The van der Waals surface area contributed by atoms with Crippen LogP contribution in [0, 0.1) is 0 Å². The Hall–Kier alpha value is -1.09. The lowest BCUT2D eigenvalue weighted by Crippen LogP contribution is -2.01. The number of rotatable bonds is 5. The zero-order valence-corrected chi connectivity index (χ0v) is 11.2. The van der Waals surface area contributed by atoms with Gasteiger partial charge in [0, 0.05) is 17.1 Å². The van der Waals surface area contributed by atoms with Crippen molar-refractivity contribution < 1.29 is 4.74 Å². The molecule has 1 atom stereocenters. The molecule has 0 radical (unpaired) electrons. The van der Waals surface area contributed by atoms with E-state index < -0.39 is 0 Å². The maximum atomic E-state index is 5.02. The lowest BCUT2D eigenvalue weighted by Gasteiger charge is -2.07. The van der Waals surface area contributed by atoms with Crippen LogP contribution in [0.15, 0.2) is 46.1 Å². The van der Waals surface area contributed by atoms with Gasteiger partial charge in [0.25, 0.3) is 0 Å². The number of ether oxygens (including phenoxy) is 1. The molecule has 1 aromatic rings. The van der Waals surface area contributed by atoms with Gasteiger partial charge in [0.15, 0.2) is 0 Å². The van der Waals surface area contributed by atoms with Gasteiger partial charge in [-0.1, -0.05) is 34.6 Å². The lowest BCUT2D eigenvalue weighted by atomic mass is 10.2. The first kappa shape index (κ1) is 13.0. The Labute approximate surface area is 105 Å². The van der Waals surface area contributed by atoms with E-state index in [9.17, 15) is 0 Å². The molecule has 0 fully saturated rings. The molecule has 1 unspecified atom stereocenters. The van der Waals surface area contributed by atoms with Crippen LogP contribution >= 0.6 is 15.9 Å². The first-order chi connectivity index (χ1) is 7.61. The van der Waals surface area contributed by atoms with Gasteiger partial charge in [-0.3, -0.25) is 4.99 Å². The zero-order chi connectivity index (χ0) is 12.0. The molecule has 0 aliphatic carbocycles. The van der Waals surface area contributed by atoms with E-state index >= 15 is 0 Å². The molecule has 0 saturated carbocycles. The molecule has 0 heterocycles. The van der Waals surface area contributed by atoms with Gasteiger partial charge in [0.05, 0.1) is 18.9 Å². The van der Waals surface area contributed by atoms with Gasteiger partial charge < -0.3 is 4.74 Å². The Balaban J connectivity index is 2.56. The largest absolute Gasteiger partial charge is 0.502 e. The molecule has 0 bridgehead atoms. The third kappa shape index (κ3) is 4.62. The van der Waals surface area contributed by atoms with E-state index in [-0.39, 0.29) is 6.04 Å². The van der Waals surface area contributed by atoms with E-state index in [1.165, 1.54) is 0 Å². The number of aliphatic imine (C=N–C) groups is 1. The van der Waals surface area contributed by atoms with E-state index in [1.54, 1.807) is 7.11 Å². The third-order valence-corrected chi connectivity index (χ3v) is 2.63. The highest BCUT2D eigenvalue weighted by molar-refractivity contribution is 9.10. The molecular weight excluding hydrogens is 266 g/mol. The topological polar surface area (TPSA) is 21.6 Å². The number of halogens is 1. The van der Waals surface area contributed by atoms with Gasteiger partial charge in [-0.25, -0.2) is 0 Å². The van der Waals surface area contributed by atoms with Crippen molar-refractivity contribution in [1.29, 1.82) is 0 Å². The van der Waals surface area contributed by atoms with Gasteiger partial charge in [0.1, 0.15) is 0 Å². The molecule has 0 aliphatic heterocycles. The number of nitrogens with zero attached hydrogens (tertiary/aromatic N) is 1. The summed E-state index contributed by atoms with van der Waals surface area (Å²) in [7, 11) is 1.63. The maximum Gasteiger partial charge on any atom is 0.0905 e.